The molecule has 0 atom stereocenters. The first-order chi connectivity index (χ1) is 34.8. The van der Waals surface area contributed by atoms with Crippen LogP contribution in [0.3, 0.4) is 0 Å². The van der Waals surface area contributed by atoms with Gasteiger partial charge in [-0.2, -0.15) is 0 Å². The highest BCUT2D eigenvalue weighted by Gasteiger charge is 2.37. The molecule has 0 unspecified atom stereocenters. The van der Waals surface area contributed by atoms with Gasteiger partial charge in [0, 0.05) is 35.9 Å². The molecule has 0 N–H and O–H groups in total. The lowest BCUT2D eigenvalue weighted by Crippen LogP contribution is -1.95. The molecule has 13 aromatic rings. The summed E-state index contributed by atoms with van der Waals surface area (Å²) in [5.74, 6) is 0. The number of hydrogen-bond acceptors (Lipinski definition) is 2. The molecule has 2 nitrogen and oxygen atoms in total. The van der Waals surface area contributed by atoms with Crippen LogP contribution in [0.5, 0.6) is 0 Å². The Hall–Kier alpha value is -9.24. The van der Waals surface area contributed by atoms with Gasteiger partial charge in [0.05, 0.1) is 0 Å². The SMILES string of the molecule is c1ccc(-c2cccc(-c3c4c(c(-c5cccc(-c6ccccc6)c5)c5ccccc35)-c3ccc5c6c(ccc-4c36)-c3c-5c(-c4cccnc4)c4cc5ccccc5cc4c3-c3cccnc3)c2)cc1. The minimum atomic E-state index is 1.10. The van der Waals surface area contributed by atoms with Crippen LogP contribution < -0.4 is 0 Å². The van der Waals surface area contributed by atoms with Gasteiger partial charge in [0.2, 0.25) is 0 Å². The molecule has 0 saturated carbocycles. The van der Waals surface area contributed by atoms with Gasteiger partial charge < -0.3 is 0 Å². The maximum absolute atomic E-state index is 4.74. The van der Waals surface area contributed by atoms with Gasteiger partial charge in [0.25, 0.3) is 0 Å². The molecule has 0 saturated heterocycles. The molecule has 2 aliphatic carbocycles. The number of pyridine rings is 2. The Labute approximate surface area is 405 Å². The third-order valence-corrected chi connectivity index (χ3v) is 15.0. The molecule has 2 heterocycles. The normalized spacial score (nSPS) is 12.0. The third kappa shape index (κ3) is 5.62. The van der Waals surface area contributed by atoms with Crippen molar-refractivity contribution >= 4 is 43.1 Å². The molecular weight excluding hydrogens is 845 g/mol. The van der Waals surface area contributed by atoms with Crippen molar-refractivity contribution in [2.24, 2.45) is 0 Å². The zero-order chi connectivity index (χ0) is 45.9. The van der Waals surface area contributed by atoms with Gasteiger partial charge in [0.15, 0.2) is 0 Å². The van der Waals surface area contributed by atoms with E-state index < -0.39 is 0 Å². The molecule has 11 aromatic carbocycles. The van der Waals surface area contributed by atoms with Gasteiger partial charge in [-0.3, -0.25) is 9.97 Å². The van der Waals surface area contributed by atoms with Crippen molar-refractivity contribution < 1.29 is 0 Å². The topological polar surface area (TPSA) is 25.8 Å². The third-order valence-electron chi connectivity index (χ3n) is 15.0. The van der Waals surface area contributed by atoms with E-state index in [2.05, 4.69) is 218 Å². The van der Waals surface area contributed by atoms with Crippen molar-refractivity contribution in [3.05, 3.63) is 243 Å². The summed E-state index contributed by atoms with van der Waals surface area (Å²) in [6.45, 7) is 0. The maximum Gasteiger partial charge on any atom is 0.0346 e. The van der Waals surface area contributed by atoms with Crippen molar-refractivity contribution in [2.45, 2.75) is 0 Å². The van der Waals surface area contributed by atoms with Crippen molar-refractivity contribution in [1.29, 1.82) is 0 Å². The minimum Gasteiger partial charge on any atom is -0.264 e. The molecule has 0 spiro atoms. The number of benzene rings is 11. The molecule has 70 heavy (non-hydrogen) atoms. The Morgan fingerprint density at radius 3 is 0.957 bits per heavy atom. The fraction of sp³-hybridized carbons (Fsp3) is 0. The highest BCUT2D eigenvalue weighted by Crippen LogP contribution is 2.64. The minimum absolute atomic E-state index is 1.10. The summed E-state index contributed by atoms with van der Waals surface area (Å²) < 4.78 is 0. The Morgan fingerprint density at radius 2 is 0.557 bits per heavy atom. The van der Waals surface area contributed by atoms with Crippen molar-refractivity contribution in [2.75, 3.05) is 0 Å². The van der Waals surface area contributed by atoms with Gasteiger partial charge in [-0.15, -0.1) is 0 Å². The Balaban J connectivity index is 1.09. The second-order valence-corrected chi connectivity index (χ2v) is 18.7. The van der Waals surface area contributed by atoms with Crippen LogP contribution in [0.15, 0.2) is 243 Å². The Kier molecular flexibility index (Phi) is 8.39. The summed E-state index contributed by atoms with van der Waals surface area (Å²) in [7, 11) is 0. The second-order valence-electron chi connectivity index (χ2n) is 18.7. The van der Waals surface area contributed by atoms with Gasteiger partial charge >= 0.3 is 0 Å². The first-order valence-corrected chi connectivity index (χ1v) is 24.1. The van der Waals surface area contributed by atoms with Gasteiger partial charge in [-0.1, -0.05) is 182 Å². The first kappa shape index (κ1) is 38.8. The first-order valence-electron chi connectivity index (χ1n) is 24.1. The quantitative estimate of drug-likeness (QED) is 0.156. The lowest BCUT2D eigenvalue weighted by Gasteiger charge is -2.22. The number of nitrogens with zero attached hydrogens (tertiary/aromatic N) is 2. The Morgan fingerprint density at radius 1 is 0.214 bits per heavy atom. The van der Waals surface area contributed by atoms with E-state index in [0.717, 1.165) is 11.1 Å². The fourth-order valence-electron chi connectivity index (χ4n) is 12.2. The van der Waals surface area contributed by atoms with E-state index >= 15 is 0 Å². The smallest absolute Gasteiger partial charge is 0.0346 e. The summed E-state index contributed by atoms with van der Waals surface area (Å²) in [5.41, 5.74) is 24.5. The molecule has 0 fully saturated rings. The van der Waals surface area contributed by atoms with Crippen LogP contribution in [0, 0.1) is 0 Å². The van der Waals surface area contributed by atoms with Gasteiger partial charge in [0.1, 0.15) is 0 Å². The van der Waals surface area contributed by atoms with E-state index in [1.54, 1.807) is 0 Å². The molecule has 2 aliphatic rings. The predicted molar refractivity (Wildman–Crippen MR) is 294 cm³/mol. The summed E-state index contributed by atoms with van der Waals surface area (Å²) in [6.07, 6.45) is 7.84. The second kappa shape index (κ2) is 15.1. The summed E-state index contributed by atoms with van der Waals surface area (Å²) >= 11 is 0. The molecule has 322 valence electrons. The fourth-order valence-corrected chi connectivity index (χ4v) is 12.2. The lowest BCUT2D eigenvalue weighted by atomic mass is 9.81. The summed E-state index contributed by atoms with van der Waals surface area (Å²) in [4.78, 5) is 9.49. The van der Waals surface area contributed by atoms with E-state index in [1.807, 2.05) is 24.8 Å². The van der Waals surface area contributed by atoms with Crippen LogP contribution in [0.1, 0.15) is 0 Å². The molecular formula is C68H40N2. The van der Waals surface area contributed by atoms with Gasteiger partial charge in [-0.05, 0) is 180 Å². The van der Waals surface area contributed by atoms with Crippen molar-refractivity contribution in [1.82, 2.24) is 9.97 Å². The molecule has 2 aromatic heterocycles. The molecule has 0 radical (unpaired) electrons. The summed E-state index contributed by atoms with van der Waals surface area (Å²) in [6, 6.07) is 80.9. The zero-order valence-corrected chi connectivity index (χ0v) is 38.0. The molecule has 2 heteroatoms. The average Bonchev–Trinajstić information content (AvgIpc) is 3.94. The monoisotopic (exact) mass is 884 g/mol. The van der Waals surface area contributed by atoms with E-state index in [4.69, 9.17) is 9.97 Å². The van der Waals surface area contributed by atoms with Crippen LogP contribution in [0.2, 0.25) is 0 Å². The van der Waals surface area contributed by atoms with Crippen molar-refractivity contribution in [3.8, 4) is 111 Å². The largest absolute Gasteiger partial charge is 0.264 e. The number of fused-ring (bicyclic) bond motifs is 9. The predicted octanol–water partition coefficient (Wildman–Crippen LogP) is 18.4. The van der Waals surface area contributed by atoms with Crippen molar-refractivity contribution in [3.63, 3.8) is 0 Å². The summed E-state index contributed by atoms with van der Waals surface area (Å²) in [5, 5.41) is 9.93. The highest BCUT2D eigenvalue weighted by molar-refractivity contribution is 6.35. The molecule has 0 bridgehead atoms. The Bertz CT molecular complexity index is 4040. The van der Waals surface area contributed by atoms with E-state index in [0.29, 0.717) is 0 Å². The average molecular weight is 885 g/mol. The molecule has 0 amide bonds. The van der Waals surface area contributed by atoms with E-state index in [9.17, 15) is 0 Å². The highest BCUT2D eigenvalue weighted by atomic mass is 14.6. The van der Waals surface area contributed by atoms with Crippen LogP contribution in [-0.4, -0.2) is 9.97 Å². The standard InChI is InChI=1S/C68H40N2/c1-3-15-41(16-4-1)43-21-11-23-47(35-43)59-51-27-9-10-28-52(51)60(48-24-12-22-44(36-48)42-17-5-2-6-18-42)66-54-30-32-56-64-55(31-29-53(63(54)64)65(59)66)67-61(49-25-13-33-69-39-49)57-37-45-19-7-8-20-46(45)38-58(57)62(68(56)67)50-26-14-34-70-40-50/h1-40H. The van der Waals surface area contributed by atoms with Crippen LogP contribution in [0.25, 0.3) is 154 Å². The van der Waals surface area contributed by atoms with Crippen LogP contribution in [-0.2, 0) is 0 Å². The van der Waals surface area contributed by atoms with Crippen LogP contribution in [0.4, 0.5) is 0 Å². The molecule has 15 rings (SSSR count). The zero-order valence-electron chi connectivity index (χ0n) is 38.0. The van der Waals surface area contributed by atoms with E-state index in [-0.39, 0.29) is 0 Å². The maximum atomic E-state index is 4.74. The molecule has 0 aliphatic heterocycles. The number of rotatable bonds is 6. The lowest BCUT2D eigenvalue weighted by molar-refractivity contribution is 1.33. The van der Waals surface area contributed by atoms with E-state index in [1.165, 1.54) is 143 Å². The van der Waals surface area contributed by atoms with Crippen LogP contribution >= 0.6 is 0 Å². The van der Waals surface area contributed by atoms with Gasteiger partial charge in [-0.25, -0.2) is 0 Å². The number of hydrogen-bond donors (Lipinski definition) is 0. The number of aromatic nitrogens is 2.